The van der Waals surface area contributed by atoms with E-state index in [1.165, 1.54) is 121 Å². The summed E-state index contributed by atoms with van der Waals surface area (Å²) in [7, 11) is 0. The molecule has 2 bridgehead atoms. The molecule has 2 fully saturated rings. The summed E-state index contributed by atoms with van der Waals surface area (Å²) >= 11 is 0. The molecule has 65 heavy (non-hydrogen) atoms. The number of hydrogen-bond donors (Lipinski definition) is 0. The van der Waals surface area contributed by atoms with Gasteiger partial charge in [0.25, 0.3) is 0 Å². The molecule has 2 saturated carbocycles. The highest BCUT2D eigenvalue weighted by molar-refractivity contribution is 5.91. The molecule has 0 radical (unpaired) electrons. The second-order valence-corrected chi connectivity index (χ2v) is 19.6. The van der Waals surface area contributed by atoms with Crippen LogP contribution in [0.5, 0.6) is 0 Å². The fourth-order valence-electron chi connectivity index (χ4n) is 13.1. The summed E-state index contributed by atoms with van der Waals surface area (Å²) in [5.41, 5.74) is 24.9. The standard InChI is InChI=1S/C64H51N/c1-63(2)59-24-10-8-21-56(59)58-23-13-22-54(62(58)63)47-16-12-17-50(39-47)65(51-36-37-57-55-20-9-11-25-60(55)64(61(57)40-51)41-42-26-33-48(64)38-42)49-34-31-44(32-35-49)43-27-29-46(30-28-43)53-19-7-6-18-52(53)45-14-4-3-5-15-45/h3-25,27-32,34-37,39-40,42,48H,26,33,38,41H2,1-2H3. The Morgan fingerprint density at radius 2 is 0.892 bits per heavy atom. The highest BCUT2D eigenvalue weighted by Crippen LogP contribution is 2.66. The Balaban J connectivity index is 0.919. The van der Waals surface area contributed by atoms with Crippen molar-refractivity contribution in [2.24, 2.45) is 11.8 Å². The van der Waals surface area contributed by atoms with E-state index < -0.39 is 0 Å². The van der Waals surface area contributed by atoms with Crippen molar-refractivity contribution in [1.29, 1.82) is 0 Å². The molecular weight excluding hydrogens is 783 g/mol. The maximum absolute atomic E-state index is 2.59. The first-order valence-corrected chi connectivity index (χ1v) is 23.7. The Hall–Kier alpha value is -7.22. The molecule has 9 aromatic carbocycles. The third-order valence-corrected chi connectivity index (χ3v) is 16.0. The molecule has 0 amide bonds. The molecule has 0 saturated heterocycles. The van der Waals surface area contributed by atoms with Gasteiger partial charge in [-0.25, -0.2) is 0 Å². The van der Waals surface area contributed by atoms with Crippen molar-refractivity contribution < 1.29 is 0 Å². The van der Waals surface area contributed by atoms with Crippen LogP contribution in [-0.4, -0.2) is 0 Å². The monoisotopic (exact) mass is 833 g/mol. The average molecular weight is 834 g/mol. The number of anilines is 3. The number of nitrogens with zero attached hydrogens (tertiary/aromatic N) is 1. The van der Waals surface area contributed by atoms with Gasteiger partial charge in [0.1, 0.15) is 0 Å². The van der Waals surface area contributed by atoms with Gasteiger partial charge in [-0.15, -0.1) is 0 Å². The van der Waals surface area contributed by atoms with E-state index in [0.717, 1.165) is 11.6 Å². The Morgan fingerprint density at radius 1 is 0.369 bits per heavy atom. The Bertz CT molecular complexity index is 3300. The zero-order valence-electron chi connectivity index (χ0n) is 37.1. The first-order chi connectivity index (χ1) is 32.0. The summed E-state index contributed by atoms with van der Waals surface area (Å²) in [5, 5.41) is 0. The maximum atomic E-state index is 2.59. The lowest BCUT2D eigenvalue weighted by Gasteiger charge is -2.37. The fraction of sp³-hybridized carbons (Fsp3) is 0.156. The molecule has 312 valence electrons. The van der Waals surface area contributed by atoms with Crippen molar-refractivity contribution in [3.05, 3.63) is 235 Å². The van der Waals surface area contributed by atoms with Crippen LogP contribution in [0, 0.1) is 11.8 Å². The van der Waals surface area contributed by atoms with Crippen LogP contribution in [0.2, 0.25) is 0 Å². The van der Waals surface area contributed by atoms with Crippen molar-refractivity contribution >= 4 is 17.1 Å². The highest BCUT2D eigenvalue weighted by atomic mass is 15.1. The summed E-state index contributed by atoms with van der Waals surface area (Å²) in [4.78, 5) is 2.52. The first kappa shape index (κ1) is 38.3. The molecule has 4 aliphatic rings. The summed E-state index contributed by atoms with van der Waals surface area (Å²) in [6.45, 7) is 4.79. The van der Waals surface area contributed by atoms with E-state index in [4.69, 9.17) is 0 Å². The van der Waals surface area contributed by atoms with Crippen LogP contribution >= 0.6 is 0 Å². The number of rotatable bonds is 7. The zero-order chi connectivity index (χ0) is 43.3. The molecule has 1 nitrogen and oxygen atoms in total. The van der Waals surface area contributed by atoms with Gasteiger partial charge in [-0.05, 0) is 157 Å². The predicted molar refractivity (Wildman–Crippen MR) is 272 cm³/mol. The molecule has 0 aromatic heterocycles. The van der Waals surface area contributed by atoms with E-state index in [1.807, 2.05) is 0 Å². The molecule has 9 aromatic rings. The minimum atomic E-state index is -0.110. The van der Waals surface area contributed by atoms with E-state index in [2.05, 4.69) is 231 Å². The minimum Gasteiger partial charge on any atom is -0.310 e. The molecular formula is C64H51N. The minimum absolute atomic E-state index is 0.0984. The topological polar surface area (TPSA) is 3.24 Å². The Morgan fingerprint density at radius 3 is 1.60 bits per heavy atom. The largest absolute Gasteiger partial charge is 0.310 e. The maximum Gasteiger partial charge on any atom is 0.0467 e. The SMILES string of the molecule is CC1(C)c2ccccc2-c2cccc(-c3cccc(N(c4ccc(-c5ccc(-c6ccccc6-c6ccccc6)cc5)cc4)c4ccc5c(c4)C4(CC6CCC4C6)c4ccccc4-5)c3)c21. The third-order valence-electron chi connectivity index (χ3n) is 16.0. The lowest BCUT2D eigenvalue weighted by molar-refractivity contribution is 0.327. The van der Waals surface area contributed by atoms with Crippen LogP contribution < -0.4 is 4.90 Å². The third kappa shape index (κ3) is 5.84. The number of hydrogen-bond acceptors (Lipinski definition) is 1. The average Bonchev–Trinajstić information content (AvgIpc) is 4.12. The second-order valence-electron chi connectivity index (χ2n) is 19.6. The van der Waals surface area contributed by atoms with E-state index in [0.29, 0.717) is 5.92 Å². The van der Waals surface area contributed by atoms with Crippen molar-refractivity contribution in [1.82, 2.24) is 0 Å². The summed E-state index contributed by atoms with van der Waals surface area (Å²) < 4.78 is 0. The molecule has 0 aliphatic heterocycles. The zero-order valence-corrected chi connectivity index (χ0v) is 37.1. The number of fused-ring (bicyclic) bond motifs is 11. The lowest BCUT2D eigenvalue weighted by atomic mass is 9.67. The molecule has 13 rings (SSSR count). The molecule has 1 heteroatoms. The Kier molecular flexibility index (Phi) is 8.63. The predicted octanol–water partition coefficient (Wildman–Crippen LogP) is 17.2. The quantitative estimate of drug-likeness (QED) is 0.155. The van der Waals surface area contributed by atoms with Crippen molar-refractivity contribution in [2.45, 2.75) is 50.4 Å². The van der Waals surface area contributed by atoms with Gasteiger partial charge in [0.2, 0.25) is 0 Å². The molecule has 4 aliphatic carbocycles. The summed E-state index contributed by atoms with van der Waals surface area (Å²) in [6.07, 6.45) is 5.33. The first-order valence-electron chi connectivity index (χ1n) is 23.7. The number of benzene rings is 9. The molecule has 0 heterocycles. The second kappa shape index (κ2) is 14.7. The van der Waals surface area contributed by atoms with Crippen LogP contribution in [0.1, 0.15) is 61.8 Å². The van der Waals surface area contributed by atoms with Crippen LogP contribution in [0.25, 0.3) is 66.8 Å². The van der Waals surface area contributed by atoms with E-state index in [1.54, 1.807) is 5.56 Å². The molecule has 0 N–H and O–H groups in total. The van der Waals surface area contributed by atoms with Gasteiger partial charge in [0.05, 0.1) is 0 Å². The van der Waals surface area contributed by atoms with Gasteiger partial charge in [-0.3, -0.25) is 0 Å². The van der Waals surface area contributed by atoms with Crippen LogP contribution in [0.3, 0.4) is 0 Å². The normalized spacial score (nSPS) is 19.2. The van der Waals surface area contributed by atoms with Crippen LogP contribution in [0.4, 0.5) is 17.1 Å². The Labute approximate surface area is 383 Å². The molecule has 3 atom stereocenters. The van der Waals surface area contributed by atoms with Crippen LogP contribution in [-0.2, 0) is 10.8 Å². The summed E-state index contributed by atoms with van der Waals surface area (Å²) in [5.74, 6) is 1.52. The highest BCUT2D eigenvalue weighted by Gasteiger charge is 2.56. The van der Waals surface area contributed by atoms with E-state index in [9.17, 15) is 0 Å². The van der Waals surface area contributed by atoms with E-state index in [-0.39, 0.29) is 10.8 Å². The van der Waals surface area contributed by atoms with Gasteiger partial charge in [0, 0.05) is 27.9 Å². The van der Waals surface area contributed by atoms with Gasteiger partial charge < -0.3 is 4.90 Å². The van der Waals surface area contributed by atoms with Crippen molar-refractivity contribution in [2.75, 3.05) is 4.90 Å². The van der Waals surface area contributed by atoms with Gasteiger partial charge in [-0.2, -0.15) is 0 Å². The van der Waals surface area contributed by atoms with Gasteiger partial charge in [-0.1, -0.05) is 196 Å². The molecule has 1 spiro atoms. The van der Waals surface area contributed by atoms with Crippen molar-refractivity contribution in [3.63, 3.8) is 0 Å². The lowest BCUT2D eigenvalue weighted by Crippen LogP contribution is -2.32. The van der Waals surface area contributed by atoms with Gasteiger partial charge in [0.15, 0.2) is 0 Å². The fourth-order valence-corrected chi connectivity index (χ4v) is 13.1. The molecule has 3 unspecified atom stereocenters. The summed E-state index contributed by atoms with van der Waals surface area (Å²) in [6, 6.07) is 79.7. The van der Waals surface area contributed by atoms with Crippen molar-refractivity contribution in [3.8, 4) is 66.8 Å². The van der Waals surface area contributed by atoms with E-state index >= 15 is 0 Å². The van der Waals surface area contributed by atoms with Crippen LogP contribution in [0.15, 0.2) is 212 Å². The van der Waals surface area contributed by atoms with Gasteiger partial charge >= 0.3 is 0 Å². The smallest absolute Gasteiger partial charge is 0.0467 e.